The number of amides is 1. The third-order valence-corrected chi connectivity index (χ3v) is 5.03. The third kappa shape index (κ3) is 2.31. The van der Waals surface area contributed by atoms with E-state index in [4.69, 9.17) is 0 Å². The lowest BCUT2D eigenvalue weighted by Crippen LogP contribution is -2.42. The normalized spacial score (nSPS) is 14.5. The third-order valence-electron chi connectivity index (χ3n) is 3.28. The molecule has 0 atom stereocenters. The molecule has 2 heterocycles. The maximum absolute atomic E-state index is 13.8. The molecule has 0 saturated heterocycles. The molecule has 0 aliphatic carbocycles. The van der Waals surface area contributed by atoms with E-state index < -0.39 is 28.3 Å². The fraction of sp³-hybridized carbons (Fsp3) is 0.143. The zero-order chi connectivity index (χ0) is 15.9. The first-order valence-electron chi connectivity index (χ1n) is 6.43. The zero-order valence-corrected chi connectivity index (χ0v) is 12.4. The Kier molecular flexibility index (Phi) is 3.32. The molecule has 0 bridgehead atoms. The second-order valence-electron chi connectivity index (χ2n) is 4.83. The van der Waals surface area contributed by atoms with Crippen LogP contribution in [0.25, 0.3) is 0 Å². The van der Waals surface area contributed by atoms with Crippen LogP contribution in [0.3, 0.4) is 0 Å². The molecule has 2 aromatic rings. The molecule has 8 heteroatoms. The van der Waals surface area contributed by atoms with Crippen LogP contribution in [0.2, 0.25) is 0 Å². The van der Waals surface area contributed by atoms with Gasteiger partial charge >= 0.3 is 0 Å². The maximum Gasteiger partial charge on any atom is 0.266 e. The Morgan fingerprint density at radius 2 is 2.05 bits per heavy atom. The highest BCUT2D eigenvalue weighted by molar-refractivity contribution is 7.92. The van der Waals surface area contributed by atoms with Crippen LogP contribution in [0.5, 0.6) is 0 Å². The summed E-state index contributed by atoms with van der Waals surface area (Å²) in [6.45, 7) is 1.32. The van der Waals surface area contributed by atoms with E-state index in [0.29, 0.717) is 5.69 Å². The molecule has 1 N–H and O–H groups in total. The van der Waals surface area contributed by atoms with Crippen molar-refractivity contribution in [1.29, 1.82) is 0 Å². The monoisotopic (exact) mass is 321 g/mol. The van der Waals surface area contributed by atoms with Gasteiger partial charge in [-0.1, -0.05) is 6.07 Å². The predicted octanol–water partition coefficient (Wildman–Crippen LogP) is 1.68. The molecule has 0 fully saturated rings. The van der Waals surface area contributed by atoms with Crippen molar-refractivity contribution in [2.75, 3.05) is 16.2 Å². The van der Waals surface area contributed by atoms with E-state index in [9.17, 15) is 17.6 Å². The summed E-state index contributed by atoms with van der Waals surface area (Å²) in [5, 5.41) is 2.36. The molecule has 114 valence electrons. The highest BCUT2D eigenvalue weighted by Gasteiger charge is 2.33. The summed E-state index contributed by atoms with van der Waals surface area (Å²) in [7, 11) is -4.00. The van der Waals surface area contributed by atoms with E-state index in [0.717, 1.165) is 10.4 Å². The molecule has 1 aliphatic rings. The van der Waals surface area contributed by atoms with Crippen LogP contribution < -0.4 is 9.62 Å². The van der Waals surface area contributed by atoms with E-state index in [1.165, 1.54) is 24.4 Å². The number of rotatable bonds is 2. The van der Waals surface area contributed by atoms with Gasteiger partial charge in [-0.05, 0) is 31.2 Å². The van der Waals surface area contributed by atoms with Crippen molar-refractivity contribution in [2.45, 2.75) is 11.8 Å². The first-order chi connectivity index (χ1) is 10.4. The van der Waals surface area contributed by atoms with E-state index in [-0.39, 0.29) is 16.3 Å². The van der Waals surface area contributed by atoms with Crippen LogP contribution in [0.1, 0.15) is 5.69 Å². The van der Waals surface area contributed by atoms with Crippen LogP contribution in [0.15, 0.2) is 41.4 Å². The fourth-order valence-corrected chi connectivity index (χ4v) is 3.57. The first-order valence-corrected chi connectivity index (χ1v) is 7.87. The number of fused-ring (bicyclic) bond motifs is 1. The van der Waals surface area contributed by atoms with Crippen LogP contribution in [0, 0.1) is 12.7 Å². The Balaban J connectivity index is 2.14. The van der Waals surface area contributed by atoms with Crippen molar-refractivity contribution in [3.05, 3.63) is 48.0 Å². The second kappa shape index (κ2) is 5.06. The lowest BCUT2D eigenvalue weighted by molar-refractivity contribution is -0.115. The number of sulfonamides is 1. The SMILES string of the molecule is Cc1ccc(S(=O)(=O)N2CC(=O)Nc3c(F)cccc32)cn1. The number of benzene rings is 1. The van der Waals surface area contributed by atoms with Gasteiger partial charge in [0.25, 0.3) is 10.0 Å². The average Bonchev–Trinajstić information content (AvgIpc) is 2.48. The van der Waals surface area contributed by atoms with Gasteiger partial charge in [0, 0.05) is 11.9 Å². The summed E-state index contributed by atoms with van der Waals surface area (Å²) in [5.41, 5.74) is 0.629. The molecule has 0 saturated carbocycles. The topological polar surface area (TPSA) is 79.4 Å². The van der Waals surface area contributed by atoms with E-state index >= 15 is 0 Å². The van der Waals surface area contributed by atoms with Gasteiger partial charge in [-0.2, -0.15) is 0 Å². The Morgan fingerprint density at radius 3 is 2.73 bits per heavy atom. The molecule has 0 spiro atoms. The van der Waals surface area contributed by atoms with Crippen LogP contribution in [-0.4, -0.2) is 25.9 Å². The largest absolute Gasteiger partial charge is 0.320 e. The van der Waals surface area contributed by atoms with E-state index in [1.54, 1.807) is 13.0 Å². The van der Waals surface area contributed by atoms with Gasteiger partial charge in [0.2, 0.25) is 5.91 Å². The quantitative estimate of drug-likeness (QED) is 0.912. The molecule has 1 aliphatic heterocycles. The highest BCUT2D eigenvalue weighted by atomic mass is 32.2. The average molecular weight is 321 g/mol. The molecule has 22 heavy (non-hydrogen) atoms. The van der Waals surface area contributed by atoms with E-state index in [1.807, 2.05) is 0 Å². The number of carbonyl (C=O) groups excluding carboxylic acids is 1. The molecule has 0 radical (unpaired) electrons. The molecule has 1 aromatic heterocycles. The number of para-hydroxylation sites is 1. The summed E-state index contributed by atoms with van der Waals surface area (Å²) >= 11 is 0. The number of hydrogen-bond acceptors (Lipinski definition) is 4. The number of halogens is 1. The van der Waals surface area contributed by atoms with Crippen LogP contribution >= 0.6 is 0 Å². The Morgan fingerprint density at radius 1 is 1.27 bits per heavy atom. The van der Waals surface area contributed by atoms with Crippen molar-refractivity contribution in [1.82, 2.24) is 4.98 Å². The number of hydrogen-bond donors (Lipinski definition) is 1. The summed E-state index contributed by atoms with van der Waals surface area (Å²) in [6.07, 6.45) is 1.22. The standard InChI is InChI=1S/C14H12FN3O3S/c1-9-5-6-10(7-16-9)22(20,21)18-8-13(19)17-14-11(15)3-2-4-12(14)18/h2-7H,8H2,1H3,(H,17,19). The van der Waals surface area contributed by atoms with E-state index in [2.05, 4.69) is 10.3 Å². The Labute approximate surface area is 126 Å². The van der Waals surface area contributed by atoms with Gasteiger partial charge in [0.05, 0.1) is 5.69 Å². The summed E-state index contributed by atoms with van der Waals surface area (Å²) in [6, 6.07) is 6.95. The van der Waals surface area contributed by atoms with Crippen LogP contribution in [-0.2, 0) is 14.8 Å². The Hall–Kier alpha value is -2.48. The number of nitrogens with one attached hydrogen (secondary N) is 1. The van der Waals surface area contributed by atoms with Gasteiger partial charge in [0.1, 0.15) is 22.9 Å². The molecular formula is C14H12FN3O3S. The number of aromatic nitrogens is 1. The molecular weight excluding hydrogens is 309 g/mol. The van der Waals surface area contributed by atoms with Crippen molar-refractivity contribution < 1.29 is 17.6 Å². The van der Waals surface area contributed by atoms with Crippen LogP contribution in [0.4, 0.5) is 15.8 Å². The number of nitrogens with zero attached hydrogens (tertiary/aromatic N) is 2. The molecule has 0 unspecified atom stereocenters. The van der Waals surface area contributed by atoms with Gasteiger partial charge in [-0.15, -0.1) is 0 Å². The lowest BCUT2D eigenvalue weighted by Gasteiger charge is -2.30. The minimum absolute atomic E-state index is 0.0528. The lowest BCUT2D eigenvalue weighted by atomic mass is 10.2. The van der Waals surface area contributed by atoms with Crippen molar-refractivity contribution in [3.8, 4) is 0 Å². The summed E-state index contributed by atoms with van der Waals surface area (Å²) in [5.74, 6) is -1.28. The van der Waals surface area contributed by atoms with Crippen molar-refractivity contribution in [3.63, 3.8) is 0 Å². The molecule has 1 aromatic carbocycles. The molecule has 1 amide bonds. The smallest absolute Gasteiger partial charge is 0.266 e. The minimum atomic E-state index is -4.00. The molecule has 3 rings (SSSR count). The number of pyridine rings is 1. The van der Waals surface area contributed by atoms with Gasteiger partial charge < -0.3 is 5.32 Å². The zero-order valence-electron chi connectivity index (χ0n) is 11.6. The van der Waals surface area contributed by atoms with Gasteiger partial charge in [-0.3, -0.25) is 14.1 Å². The minimum Gasteiger partial charge on any atom is -0.320 e. The van der Waals surface area contributed by atoms with Gasteiger partial charge in [-0.25, -0.2) is 12.8 Å². The molecule has 6 nitrogen and oxygen atoms in total. The summed E-state index contributed by atoms with van der Waals surface area (Å²) in [4.78, 5) is 15.6. The summed E-state index contributed by atoms with van der Waals surface area (Å²) < 4.78 is 40.1. The van der Waals surface area contributed by atoms with Gasteiger partial charge in [0.15, 0.2) is 0 Å². The Bertz CT molecular complexity index is 850. The first kappa shape index (κ1) is 14.5. The highest BCUT2D eigenvalue weighted by Crippen LogP contribution is 2.35. The fourth-order valence-electron chi connectivity index (χ4n) is 2.19. The number of anilines is 2. The maximum atomic E-state index is 13.8. The van der Waals surface area contributed by atoms with Crippen molar-refractivity contribution >= 4 is 27.3 Å². The second-order valence-corrected chi connectivity index (χ2v) is 6.69. The number of carbonyl (C=O) groups is 1. The van der Waals surface area contributed by atoms with Crippen molar-refractivity contribution in [2.24, 2.45) is 0 Å². The number of aryl methyl sites for hydroxylation is 1. The predicted molar refractivity (Wildman–Crippen MR) is 78.5 cm³/mol.